The van der Waals surface area contributed by atoms with E-state index in [0.29, 0.717) is 0 Å². The molecule has 0 saturated carbocycles. The fourth-order valence-electron chi connectivity index (χ4n) is 1.03. The number of nitrogens with zero attached hydrogens (tertiary/aromatic N) is 2. The Balaban J connectivity index is 3.22. The number of halogens is 3. The van der Waals surface area contributed by atoms with Crippen LogP contribution in [0.4, 0.5) is 13.2 Å². The Labute approximate surface area is 79.0 Å². The van der Waals surface area contributed by atoms with Gasteiger partial charge in [-0.15, -0.1) is 0 Å². The molecule has 0 unspecified atom stereocenters. The first-order valence-electron chi connectivity index (χ1n) is 3.87. The van der Waals surface area contributed by atoms with Gasteiger partial charge in [-0.3, -0.25) is 0 Å². The van der Waals surface area contributed by atoms with Gasteiger partial charge in [0.05, 0.1) is 12.5 Å². The van der Waals surface area contributed by atoms with E-state index >= 15 is 0 Å². The predicted octanol–water partition coefficient (Wildman–Crippen LogP) is 2.53. The Bertz CT molecular complexity index is 382. The van der Waals surface area contributed by atoms with Crippen molar-refractivity contribution in [1.82, 2.24) is 4.98 Å². The van der Waals surface area contributed by atoms with Gasteiger partial charge in [-0.25, -0.2) is 13.8 Å². The smallest absolute Gasteiger partial charge is 0.219 e. The first-order valence-corrected chi connectivity index (χ1v) is 3.87. The van der Waals surface area contributed by atoms with Crippen molar-refractivity contribution in [1.29, 1.82) is 5.26 Å². The van der Waals surface area contributed by atoms with Gasteiger partial charge < -0.3 is 0 Å². The molecule has 5 heteroatoms. The standard InChI is InChI=1S/C9H7F3N2/c1-5-6(2-3-13)4-7(8(10)11)14-9(5)12/h4,8H,2H2,1H3. The summed E-state index contributed by atoms with van der Waals surface area (Å²) in [5.74, 6) is -0.937. The van der Waals surface area contributed by atoms with E-state index < -0.39 is 18.1 Å². The number of aromatic nitrogens is 1. The van der Waals surface area contributed by atoms with E-state index in [0.717, 1.165) is 6.07 Å². The molecule has 0 radical (unpaired) electrons. The number of nitriles is 1. The van der Waals surface area contributed by atoms with Crippen LogP contribution < -0.4 is 0 Å². The minimum atomic E-state index is -2.82. The summed E-state index contributed by atoms with van der Waals surface area (Å²) in [6.07, 6.45) is -2.91. The first kappa shape index (κ1) is 10.5. The normalized spacial score (nSPS) is 10.3. The van der Waals surface area contributed by atoms with Crippen LogP contribution in [0.3, 0.4) is 0 Å². The van der Waals surface area contributed by atoms with Crippen molar-refractivity contribution in [3.63, 3.8) is 0 Å². The summed E-state index contributed by atoms with van der Waals surface area (Å²) in [6.45, 7) is 1.41. The molecule has 0 amide bonds. The molecular formula is C9H7F3N2. The molecular weight excluding hydrogens is 193 g/mol. The second kappa shape index (κ2) is 4.09. The summed E-state index contributed by atoms with van der Waals surface area (Å²) in [5, 5.41) is 8.38. The molecule has 0 aliphatic rings. The van der Waals surface area contributed by atoms with Gasteiger partial charge in [-0.2, -0.15) is 9.65 Å². The van der Waals surface area contributed by atoms with Gasteiger partial charge >= 0.3 is 0 Å². The highest BCUT2D eigenvalue weighted by Crippen LogP contribution is 2.21. The molecule has 1 aromatic rings. The number of rotatable bonds is 2. The Morgan fingerprint density at radius 2 is 2.21 bits per heavy atom. The van der Waals surface area contributed by atoms with Crippen molar-refractivity contribution in [3.8, 4) is 6.07 Å². The fraction of sp³-hybridized carbons (Fsp3) is 0.333. The molecule has 74 valence electrons. The molecule has 0 aliphatic heterocycles. The van der Waals surface area contributed by atoms with Gasteiger partial charge in [-0.1, -0.05) is 0 Å². The lowest BCUT2D eigenvalue weighted by Crippen LogP contribution is -2.01. The van der Waals surface area contributed by atoms with Crippen LogP contribution in [0.25, 0.3) is 0 Å². The van der Waals surface area contributed by atoms with Gasteiger partial charge in [0.1, 0.15) is 5.69 Å². The van der Waals surface area contributed by atoms with E-state index in [9.17, 15) is 13.2 Å². The average Bonchev–Trinajstić information content (AvgIpc) is 2.12. The molecule has 1 rings (SSSR count). The highest BCUT2D eigenvalue weighted by atomic mass is 19.3. The lowest BCUT2D eigenvalue weighted by Gasteiger charge is -2.05. The zero-order valence-electron chi connectivity index (χ0n) is 7.39. The number of hydrogen-bond donors (Lipinski definition) is 0. The molecule has 2 nitrogen and oxygen atoms in total. The molecule has 0 aliphatic carbocycles. The highest BCUT2D eigenvalue weighted by Gasteiger charge is 2.14. The fourth-order valence-corrected chi connectivity index (χ4v) is 1.03. The molecule has 0 N–H and O–H groups in total. The van der Waals surface area contributed by atoms with Crippen LogP contribution in [0.2, 0.25) is 0 Å². The topological polar surface area (TPSA) is 36.7 Å². The molecule has 1 aromatic heterocycles. The van der Waals surface area contributed by atoms with Gasteiger partial charge in [0.15, 0.2) is 0 Å². The van der Waals surface area contributed by atoms with Crippen LogP contribution >= 0.6 is 0 Å². The van der Waals surface area contributed by atoms with Gasteiger partial charge in [0.25, 0.3) is 6.43 Å². The van der Waals surface area contributed by atoms with Crippen LogP contribution in [0.15, 0.2) is 6.07 Å². The molecule has 0 fully saturated rings. The lowest BCUT2D eigenvalue weighted by molar-refractivity contribution is 0.144. The minimum Gasteiger partial charge on any atom is -0.219 e. The molecule has 0 atom stereocenters. The van der Waals surface area contributed by atoms with Crippen molar-refractivity contribution in [2.45, 2.75) is 19.8 Å². The zero-order chi connectivity index (χ0) is 10.7. The Morgan fingerprint density at radius 1 is 1.57 bits per heavy atom. The summed E-state index contributed by atoms with van der Waals surface area (Å²) >= 11 is 0. The van der Waals surface area contributed by atoms with Crippen molar-refractivity contribution in [3.05, 3.63) is 28.8 Å². The molecule has 0 spiro atoms. The van der Waals surface area contributed by atoms with Gasteiger partial charge in [0, 0.05) is 5.56 Å². The van der Waals surface area contributed by atoms with Crippen LogP contribution in [-0.2, 0) is 6.42 Å². The third-order valence-electron chi connectivity index (χ3n) is 1.83. The van der Waals surface area contributed by atoms with E-state index in [1.54, 1.807) is 6.07 Å². The summed E-state index contributed by atoms with van der Waals surface area (Å²) in [7, 11) is 0. The van der Waals surface area contributed by atoms with Crippen LogP contribution in [-0.4, -0.2) is 4.98 Å². The Kier molecular flexibility index (Phi) is 3.07. The minimum absolute atomic E-state index is 0.0923. The second-order valence-corrected chi connectivity index (χ2v) is 2.76. The summed E-state index contributed by atoms with van der Waals surface area (Å²) < 4.78 is 37.3. The second-order valence-electron chi connectivity index (χ2n) is 2.76. The molecule has 14 heavy (non-hydrogen) atoms. The number of alkyl halides is 2. The van der Waals surface area contributed by atoms with Crippen molar-refractivity contribution >= 4 is 0 Å². The van der Waals surface area contributed by atoms with Crippen LogP contribution in [0.1, 0.15) is 23.2 Å². The third-order valence-corrected chi connectivity index (χ3v) is 1.83. The van der Waals surface area contributed by atoms with E-state index in [1.807, 2.05) is 0 Å². The molecule has 0 saturated heterocycles. The highest BCUT2D eigenvalue weighted by molar-refractivity contribution is 5.29. The summed E-state index contributed by atoms with van der Waals surface area (Å²) in [6, 6.07) is 2.84. The monoisotopic (exact) mass is 200 g/mol. The molecule has 0 bridgehead atoms. The summed E-state index contributed by atoms with van der Waals surface area (Å²) in [5.41, 5.74) is -0.218. The Hall–Kier alpha value is -1.57. The van der Waals surface area contributed by atoms with E-state index in [4.69, 9.17) is 5.26 Å². The van der Waals surface area contributed by atoms with Gasteiger partial charge in [0.2, 0.25) is 5.95 Å². The molecule has 1 heterocycles. The lowest BCUT2D eigenvalue weighted by atomic mass is 10.1. The number of pyridine rings is 1. The largest absolute Gasteiger partial charge is 0.280 e. The van der Waals surface area contributed by atoms with Crippen molar-refractivity contribution in [2.24, 2.45) is 0 Å². The molecule has 0 aromatic carbocycles. The van der Waals surface area contributed by atoms with Crippen LogP contribution in [0.5, 0.6) is 0 Å². The average molecular weight is 200 g/mol. The van der Waals surface area contributed by atoms with Crippen molar-refractivity contribution in [2.75, 3.05) is 0 Å². The predicted molar refractivity (Wildman–Crippen MR) is 43.2 cm³/mol. The van der Waals surface area contributed by atoms with E-state index in [1.165, 1.54) is 6.92 Å². The maximum absolute atomic E-state index is 13.0. The zero-order valence-corrected chi connectivity index (χ0v) is 7.39. The quantitative estimate of drug-likeness (QED) is 0.688. The third kappa shape index (κ3) is 2.02. The maximum Gasteiger partial charge on any atom is 0.280 e. The van der Waals surface area contributed by atoms with Crippen molar-refractivity contribution < 1.29 is 13.2 Å². The van der Waals surface area contributed by atoms with E-state index in [-0.39, 0.29) is 17.5 Å². The number of hydrogen-bond acceptors (Lipinski definition) is 2. The van der Waals surface area contributed by atoms with E-state index in [2.05, 4.69) is 4.98 Å². The maximum atomic E-state index is 13.0. The Morgan fingerprint density at radius 3 is 2.71 bits per heavy atom. The summed E-state index contributed by atoms with van der Waals surface area (Å²) in [4.78, 5) is 3.09. The SMILES string of the molecule is Cc1c(CC#N)cc(C(F)F)nc1F. The first-order chi connectivity index (χ1) is 6.56. The van der Waals surface area contributed by atoms with Crippen LogP contribution in [0, 0.1) is 24.2 Å². The van der Waals surface area contributed by atoms with Gasteiger partial charge in [-0.05, 0) is 18.6 Å².